The van der Waals surface area contributed by atoms with Crippen molar-refractivity contribution in [2.75, 3.05) is 6.61 Å². The van der Waals surface area contributed by atoms with Crippen LogP contribution in [-0.2, 0) is 6.54 Å². The molecule has 0 saturated heterocycles. The number of ether oxygens (including phenoxy) is 1. The Morgan fingerprint density at radius 3 is 2.68 bits per heavy atom. The molecule has 0 spiro atoms. The minimum Gasteiger partial charge on any atom is -0.492 e. The van der Waals surface area contributed by atoms with E-state index in [1.54, 1.807) is 0 Å². The quantitative estimate of drug-likeness (QED) is 0.723. The van der Waals surface area contributed by atoms with E-state index in [0.717, 1.165) is 23.2 Å². The van der Waals surface area contributed by atoms with Gasteiger partial charge in [0.05, 0.1) is 18.3 Å². The Kier molecular flexibility index (Phi) is 3.38. The Morgan fingerprint density at radius 2 is 1.84 bits per heavy atom. The molecule has 96 valence electrons. The Morgan fingerprint density at radius 1 is 1.05 bits per heavy atom. The highest BCUT2D eigenvalue weighted by Gasteiger charge is 2.01. The largest absolute Gasteiger partial charge is 0.492 e. The third-order valence-corrected chi connectivity index (χ3v) is 3.19. The third-order valence-electron chi connectivity index (χ3n) is 2.94. The van der Waals surface area contributed by atoms with Crippen molar-refractivity contribution in [3.05, 3.63) is 59.8 Å². The van der Waals surface area contributed by atoms with E-state index < -0.39 is 0 Å². The first-order valence-electron chi connectivity index (χ1n) is 6.12. The lowest BCUT2D eigenvalue weighted by Gasteiger charge is -2.07. The van der Waals surface area contributed by atoms with Crippen molar-refractivity contribution in [2.45, 2.75) is 6.54 Å². The molecular formula is C15H13ClN2O. The Labute approximate surface area is 116 Å². The molecule has 19 heavy (non-hydrogen) atoms. The summed E-state index contributed by atoms with van der Waals surface area (Å²) < 4.78 is 7.61. The van der Waals surface area contributed by atoms with E-state index in [2.05, 4.69) is 17.2 Å². The molecule has 1 heterocycles. The average molecular weight is 273 g/mol. The normalized spacial score (nSPS) is 10.8. The summed E-state index contributed by atoms with van der Waals surface area (Å²) in [5, 5.41) is 6.22. The van der Waals surface area contributed by atoms with Gasteiger partial charge in [-0.3, -0.25) is 4.68 Å². The zero-order valence-corrected chi connectivity index (χ0v) is 11.0. The zero-order valence-electron chi connectivity index (χ0n) is 10.3. The SMILES string of the molecule is Clc1ccc(OCCn2ncc3ccccc32)cc1. The summed E-state index contributed by atoms with van der Waals surface area (Å²) in [4.78, 5) is 0. The van der Waals surface area contributed by atoms with Crippen LogP contribution in [0.15, 0.2) is 54.7 Å². The molecule has 0 amide bonds. The van der Waals surface area contributed by atoms with Gasteiger partial charge < -0.3 is 4.74 Å². The molecule has 0 fully saturated rings. The lowest BCUT2D eigenvalue weighted by molar-refractivity contribution is 0.294. The summed E-state index contributed by atoms with van der Waals surface area (Å²) in [5.74, 6) is 0.820. The van der Waals surface area contributed by atoms with Crippen LogP contribution in [0.5, 0.6) is 5.75 Å². The van der Waals surface area contributed by atoms with Gasteiger partial charge in [0.2, 0.25) is 0 Å². The standard InChI is InChI=1S/C15H13ClN2O/c16-13-5-7-14(8-6-13)19-10-9-18-15-4-2-1-3-12(15)11-17-18/h1-8,11H,9-10H2. The van der Waals surface area contributed by atoms with E-state index >= 15 is 0 Å². The molecule has 0 bridgehead atoms. The minimum absolute atomic E-state index is 0.577. The van der Waals surface area contributed by atoms with Crippen LogP contribution in [0.2, 0.25) is 5.02 Å². The van der Waals surface area contributed by atoms with Crippen molar-refractivity contribution in [1.82, 2.24) is 9.78 Å². The van der Waals surface area contributed by atoms with Crippen LogP contribution in [-0.4, -0.2) is 16.4 Å². The summed E-state index contributed by atoms with van der Waals surface area (Å²) in [6.07, 6.45) is 1.87. The predicted molar refractivity (Wildman–Crippen MR) is 76.7 cm³/mol. The van der Waals surface area contributed by atoms with Crippen LogP contribution < -0.4 is 4.74 Å². The van der Waals surface area contributed by atoms with Crippen LogP contribution >= 0.6 is 11.6 Å². The highest BCUT2D eigenvalue weighted by atomic mass is 35.5. The van der Waals surface area contributed by atoms with E-state index in [-0.39, 0.29) is 0 Å². The highest BCUT2D eigenvalue weighted by molar-refractivity contribution is 6.30. The maximum atomic E-state index is 5.82. The van der Waals surface area contributed by atoms with Crippen LogP contribution in [0.3, 0.4) is 0 Å². The number of benzene rings is 2. The second kappa shape index (κ2) is 5.33. The number of fused-ring (bicyclic) bond motifs is 1. The van der Waals surface area contributed by atoms with Gasteiger partial charge in [-0.05, 0) is 30.3 Å². The van der Waals surface area contributed by atoms with E-state index in [9.17, 15) is 0 Å². The second-order valence-corrected chi connectivity index (χ2v) is 4.67. The van der Waals surface area contributed by atoms with Gasteiger partial charge >= 0.3 is 0 Å². The predicted octanol–water partition coefficient (Wildman–Crippen LogP) is 3.77. The van der Waals surface area contributed by atoms with Crippen molar-refractivity contribution in [3.63, 3.8) is 0 Å². The van der Waals surface area contributed by atoms with E-state index in [1.165, 1.54) is 0 Å². The molecular weight excluding hydrogens is 260 g/mol. The molecule has 0 radical (unpaired) electrons. The zero-order chi connectivity index (χ0) is 13.1. The molecule has 0 aliphatic heterocycles. The number of nitrogens with zero attached hydrogens (tertiary/aromatic N) is 2. The lowest BCUT2D eigenvalue weighted by Crippen LogP contribution is -2.09. The molecule has 3 rings (SSSR count). The van der Waals surface area contributed by atoms with E-state index in [4.69, 9.17) is 16.3 Å². The maximum absolute atomic E-state index is 5.82. The van der Waals surface area contributed by atoms with Crippen LogP contribution in [0.1, 0.15) is 0 Å². The molecule has 1 aromatic heterocycles. The summed E-state index contributed by atoms with van der Waals surface area (Å²) in [6.45, 7) is 1.30. The van der Waals surface area contributed by atoms with Crippen molar-refractivity contribution in [1.29, 1.82) is 0 Å². The number of hydrogen-bond acceptors (Lipinski definition) is 2. The van der Waals surface area contributed by atoms with Crippen LogP contribution in [0.4, 0.5) is 0 Å². The van der Waals surface area contributed by atoms with Crippen molar-refractivity contribution >= 4 is 22.5 Å². The lowest BCUT2D eigenvalue weighted by atomic mass is 10.3. The number of rotatable bonds is 4. The molecule has 0 N–H and O–H groups in total. The summed E-state index contributed by atoms with van der Waals surface area (Å²) in [5.41, 5.74) is 1.13. The summed E-state index contributed by atoms with van der Waals surface area (Å²) in [7, 11) is 0. The molecule has 0 atom stereocenters. The van der Waals surface area contributed by atoms with Gasteiger partial charge in [0.1, 0.15) is 12.4 Å². The third kappa shape index (κ3) is 2.71. The van der Waals surface area contributed by atoms with Crippen molar-refractivity contribution in [3.8, 4) is 5.75 Å². The Bertz CT molecular complexity index is 676. The highest BCUT2D eigenvalue weighted by Crippen LogP contribution is 2.16. The average Bonchev–Trinajstić information content (AvgIpc) is 2.85. The molecule has 4 heteroatoms. The number of hydrogen-bond donors (Lipinski definition) is 0. The van der Waals surface area contributed by atoms with E-state index in [0.29, 0.717) is 11.6 Å². The molecule has 0 aliphatic rings. The fourth-order valence-electron chi connectivity index (χ4n) is 1.98. The fraction of sp³-hybridized carbons (Fsp3) is 0.133. The van der Waals surface area contributed by atoms with Gasteiger partial charge in [-0.1, -0.05) is 29.8 Å². The molecule has 0 saturated carbocycles. The summed E-state index contributed by atoms with van der Waals surface area (Å²) in [6, 6.07) is 15.5. The molecule has 0 aliphatic carbocycles. The van der Waals surface area contributed by atoms with Gasteiger partial charge in [0, 0.05) is 10.4 Å². The first-order valence-corrected chi connectivity index (χ1v) is 6.50. The van der Waals surface area contributed by atoms with Gasteiger partial charge in [-0.2, -0.15) is 5.10 Å². The van der Waals surface area contributed by atoms with Crippen LogP contribution in [0.25, 0.3) is 10.9 Å². The van der Waals surface area contributed by atoms with Crippen LogP contribution in [0, 0.1) is 0 Å². The first-order chi connectivity index (χ1) is 9.33. The Hall–Kier alpha value is -2.00. The first kappa shape index (κ1) is 12.1. The molecule has 3 aromatic rings. The number of para-hydroxylation sites is 1. The van der Waals surface area contributed by atoms with Crippen molar-refractivity contribution in [2.24, 2.45) is 0 Å². The topological polar surface area (TPSA) is 27.1 Å². The molecule has 2 aromatic carbocycles. The van der Waals surface area contributed by atoms with Crippen molar-refractivity contribution < 1.29 is 4.74 Å². The monoisotopic (exact) mass is 272 g/mol. The molecule has 0 unspecified atom stereocenters. The second-order valence-electron chi connectivity index (χ2n) is 4.23. The van der Waals surface area contributed by atoms with Gasteiger partial charge in [0.25, 0.3) is 0 Å². The van der Waals surface area contributed by atoms with Gasteiger partial charge in [0.15, 0.2) is 0 Å². The number of halogens is 1. The fourth-order valence-corrected chi connectivity index (χ4v) is 2.11. The van der Waals surface area contributed by atoms with Gasteiger partial charge in [-0.25, -0.2) is 0 Å². The maximum Gasteiger partial charge on any atom is 0.119 e. The van der Waals surface area contributed by atoms with E-state index in [1.807, 2.05) is 47.3 Å². The smallest absolute Gasteiger partial charge is 0.119 e. The summed E-state index contributed by atoms with van der Waals surface area (Å²) >= 11 is 5.82. The Balaban J connectivity index is 1.65. The minimum atomic E-state index is 0.577. The van der Waals surface area contributed by atoms with Gasteiger partial charge in [-0.15, -0.1) is 0 Å². The molecule has 3 nitrogen and oxygen atoms in total. The number of aromatic nitrogens is 2.